The van der Waals surface area contributed by atoms with Crippen molar-refractivity contribution < 1.29 is 26.0 Å². The number of thiol groups is 1. The van der Waals surface area contributed by atoms with Crippen molar-refractivity contribution in [2.45, 2.75) is 34.4 Å². The molecule has 1 heterocycles. The number of hydrazine groups is 1. The van der Waals surface area contributed by atoms with Gasteiger partial charge < -0.3 is 0 Å². The Labute approximate surface area is 186 Å². The lowest BCUT2D eigenvalue weighted by atomic mass is 10.2. The molecule has 0 aromatic heterocycles. The highest BCUT2D eigenvalue weighted by molar-refractivity contribution is 7.89. The summed E-state index contributed by atoms with van der Waals surface area (Å²) in [6.45, 7) is 1.69. The van der Waals surface area contributed by atoms with Crippen LogP contribution in [-0.4, -0.2) is 56.3 Å². The number of carbonyl (C=O) groups excluding carboxylic acids is 1. The fourth-order valence-electron chi connectivity index (χ4n) is 3.23. The van der Waals surface area contributed by atoms with E-state index in [9.17, 15) is 26.0 Å². The van der Waals surface area contributed by atoms with Crippen LogP contribution in [0.1, 0.15) is 12.0 Å². The molecule has 1 aliphatic heterocycles. The van der Waals surface area contributed by atoms with Crippen molar-refractivity contribution in [3.63, 3.8) is 0 Å². The maximum Gasteiger partial charge on any atom is 0.259 e. The highest BCUT2D eigenvalue weighted by Crippen LogP contribution is 2.30. The van der Waals surface area contributed by atoms with E-state index in [1.807, 2.05) is 0 Å². The van der Waals surface area contributed by atoms with Gasteiger partial charge in [-0.2, -0.15) is 16.9 Å². The zero-order chi connectivity index (χ0) is 23.0. The summed E-state index contributed by atoms with van der Waals surface area (Å²) in [5.74, 6) is -1.79. The van der Waals surface area contributed by atoms with E-state index in [1.165, 1.54) is 24.3 Å². The maximum absolute atomic E-state index is 14.1. The van der Waals surface area contributed by atoms with Gasteiger partial charge in [0.25, 0.3) is 15.9 Å². The van der Waals surface area contributed by atoms with E-state index in [0.717, 1.165) is 29.0 Å². The maximum atomic E-state index is 14.1. The summed E-state index contributed by atoms with van der Waals surface area (Å²) in [4.78, 5) is 12.3. The Hall–Kier alpha value is -1.99. The highest BCUT2D eigenvalue weighted by Gasteiger charge is 2.44. The van der Waals surface area contributed by atoms with E-state index in [4.69, 9.17) is 0 Å². The SMILES string of the molecule is Cc1ccc(S(=O)(=O)N(C)NC(=O)[C@@H]2C[C@@H](S)CN2S(=O)(=O)c2ccccc2F)cc1. The van der Waals surface area contributed by atoms with Gasteiger partial charge in [-0.15, -0.1) is 4.41 Å². The number of hydrogen-bond donors (Lipinski definition) is 2. The molecule has 12 heteroatoms. The average Bonchev–Trinajstić information content (AvgIpc) is 3.11. The summed E-state index contributed by atoms with van der Waals surface area (Å²) in [6, 6.07) is 9.65. The third-order valence-corrected chi connectivity index (χ3v) is 8.87. The predicted molar refractivity (Wildman–Crippen MR) is 116 cm³/mol. The molecule has 2 atom stereocenters. The second-order valence-corrected chi connectivity index (χ2v) is 11.7. The van der Waals surface area contributed by atoms with Gasteiger partial charge in [-0.1, -0.05) is 29.8 Å². The molecule has 1 fully saturated rings. The van der Waals surface area contributed by atoms with Crippen LogP contribution in [0.2, 0.25) is 0 Å². The lowest BCUT2D eigenvalue weighted by Crippen LogP contribution is -2.52. The topological polar surface area (TPSA) is 104 Å². The van der Waals surface area contributed by atoms with E-state index in [0.29, 0.717) is 4.41 Å². The molecular weight excluding hydrogens is 465 g/mol. The van der Waals surface area contributed by atoms with Crippen LogP contribution in [-0.2, 0) is 24.8 Å². The quantitative estimate of drug-likeness (QED) is 0.475. The minimum Gasteiger partial charge on any atom is -0.274 e. The van der Waals surface area contributed by atoms with Crippen molar-refractivity contribution in [1.29, 1.82) is 0 Å². The Bertz CT molecular complexity index is 1190. The van der Waals surface area contributed by atoms with Gasteiger partial charge in [-0.05, 0) is 37.6 Å². The van der Waals surface area contributed by atoms with Gasteiger partial charge >= 0.3 is 0 Å². The van der Waals surface area contributed by atoms with E-state index in [2.05, 4.69) is 18.1 Å². The summed E-state index contributed by atoms with van der Waals surface area (Å²) in [6.07, 6.45) is 0.0427. The Morgan fingerprint density at radius 1 is 1.13 bits per heavy atom. The number of rotatable bonds is 6. The molecule has 0 aliphatic carbocycles. The summed E-state index contributed by atoms with van der Waals surface area (Å²) < 4.78 is 67.0. The standard InChI is InChI=1S/C19H22FN3O5S3/c1-13-7-9-15(10-8-13)30(25,26)22(2)21-19(24)17-11-14(29)12-23(17)31(27,28)18-6-4-3-5-16(18)20/h3-10,14,17,29H,11-12H2,1-2H3,(H,21,24)/t14-,17+/m1/s1. The minimum absolute atomic E-state index is 0.0322. The molecule has 1 aliphatic rings. The molecule has 0 saturated carbocycles. The molecule has 3 rings (SSSR count). The summed E-state index contributed by atoms with van der Waals surface area (Å²) in [5, 5.41) is -0.476. The Balaban J connectivity index is 1.84. The number of hydrogen-bond acceptors (Lipinski definition) is 6. The van der Waals surface area contributed by atoms with Gasteiger partial charge in [-0.25, -0.2) is 21.2 Å². The molecule has 0 unspecified atom stereocenters. The first kappa shape index (κ1) is 23.7. The van der Waals surface area contributed by atoms with Crippen LogP contribution in [0.4, 0.5) is 4.39 Å². The Kier molecular flexibility index (Phi) is 6.77. The fourth-order valence-corrected chi connectivity index (χ4v) is 6.43. The number of carbonyl (C=O) groups is 1. The first-order valence-corrected chi connectivity index (χ1v) is 12.6. The van der Waals surface area contributed by atoms with Crippen molar-refractivity contribution in [2.75, 3.05) is 13.6 Å². The highest BCUT2D eigenvalue weighted by atomic mass is 32.2. The smallest absolute Gasteiger partial charge is 0.259 e. The molecule has 168 valence electrons. The van der Waals surface area contributed by atoms with E-state index >= 15 is 0 Å². The lowest BCUT2D eigenvalue weighted by molar-refractivity contribution is -0.126. The van der Waals surface area contributed by atoms with Crippen LogP contribution in [0.25, 0.3) is 0 Å². The van der Waals surface area contributed by atoms with E-state index < -0.39 is 48.0 Å². The minimum atomic E-state index is -4.34. The number of aryl methyl sites for hydroxylation is 1. The summed E-state index contributed by atoms with van der Waals surface area (Å²) in [7, 11) is -7.25. The molecule has 8 nitrogen and oxygen atoms in total. The van der Waals surface area contributed by atoms with Gasteiger partial charge in [0.15, 0.2) is 0 Å². The molecule has 2 aromatic rings. The average molecular weight is 488 g/mol. The van der Waals surface area contributed by atoms with Gasteiger partial charge in [0, 0.05) is 18.8 Å². The van der Waals surface area contributed by atoms with Crippen LogP contribution in [0.15, 0.2) is 58.3 Å². The lowest BCUT2D eigenvalue weighted by Gasteiger charge is -2.26. The van der Waals surface area contributed by atoms with Crippen LogP contribution >= 0.6 is 12.6 Å². The summed E-state index contributed by atoms with van der Waals surface area (Å²) >= 11 is 4.28. The van der Waals surface area contributed by atoms with Crippen molar-refractivity contribution >= 4 is 38.6 Å². The number of nitrogens with zero attached hydrogens (tertiary/aromatic N) is 2. The number of halogens is 1. The second kappa shape index (κ2) is 8.87. The number of sulfonamides is 2. The molecule has 0 radical (unpaired) electrons. The van der Waals surface area contributed by atoms with Gasteiger partial charge in [0.05, 0.1) is 4.90 Å². The fraction of sp³-hybridized carbons (Fsp3) is 0.316. The molecule has 1 saturated heterocycles. The van der Waals surface area contributed by atoms with Crippen LogP contribution < -0.4 is 5.43 Å². The van der Waals surface area contributed by atoms with Crippen molar-refractivity contribution in [2.24, 2.45) is 0 Å². The number of nitrogens with one attached hydrogen (secondary N) is 1. The molecular formula is C19H22FN3O5S3. The van der Waals surface area contributed by atoms with Gasteiger partial charge in [0.2, 0.25) is 10.0 Å². The van der Waals surface area contributed by atoms with E-state index in [-0.39, 0.29) is 17.9 Å². The largest absolute Gasteiger partial charge is 0.274 e. The third kappa shape index (κ3) is 4.77. The normalized spacial score (nSPS) is 20.2. The van der Waals surface area contributed by atoms with Crippen molar-refractivity contribution in [1.82, 2.24) is 14.1 Å². The number of benzene rings is 2. The second-order valence-electron chi connectivity index (χ2n) is 7.17. The molecule has 1 N–H and O–H groups in total. The first-order valence-electron chi connectivity index (χ1n) is 9.25. The first-order chi connectivity index (χ1) is 14.4. The van der Waals surface area contributed by atoms with Crippen molar-refractivity contribution in [3.05, 3.63) is 59.9 Å². The summed E-state index contributed by atoms with van der Waals surface area (Å²) in [5.41, 5.74) is 3.10. The predicted octanol–water partition coefficient (Wildman–Crippen LogP) is 1.55. The van der Waals surface area contributed by atoms with E-state index in [1.54, 1.807) is 19.1 Å². The third-order valence-electron chi connectivity index (χ3n) is 4.91. The molecule has 0 bridgehead atoms. The van der Waals surface area contributed by atoms with Gasteiger partial charge in [-0.3, -0.25) is 10.2 Å². The molecule has 2 aromatic carbocycles. The molecule has 31 heavy (non-hydrogen) atoms. The Morgan fingerprint density at radius 3 is 2.35 bits per heavy atom. The van der Waals surface area contributed by atoms with Gasteiger partial charge in [0.1, 0.15) is 16.8 Å². The van der Waals surface area contributed by atoms with Crippen LogP contribution in [0.3, 0.4) is 0 Å². The molecule has 1 amide bonds. The van der Waals surface area contributed by atoms with Crippen LogP contribution in [0.5, 0.6) is 0 Å². The van der Waals surface area contributed by atoms with Crippen LogP contribution in [0, 0.1) is 12.7 Å². The monoisotopic (exact) mass is 487 g/mol. The molecule has 0 spiro atoms. The number of amides is 1. The zero-order valence-corrected chi connectivity index (χ0v) is 19.3. The Morgan fingerprint density at radius 2 is 1.74 bits per heavy atom. The zero-order valence-electron chi connectivity index (χ0n) is 16.8. The van der Waals surface area contributed by atoms with Crippen molar-refractivity contribution in [3.8, 4) is 0 Å².